The zero-order valence-corrected chi connectivity index (χ0v) is 77.0. The van der Waals surface area contributed by atoms with E-state index in [1.165, 1.54) is 161 Å². The Labute approximate surface area is 811 Å². The van der Waals surface area contributed by atoms with Gasteiger partial charge in [0.15, 0.2) is 0 Å². The molecule has 3 aromatic heterocycles. The number of furan rings is 2. The first kappa shape index (κ1) is 81.4. The Bertz CT molecular complexity index is 9970. The number of anilines is 9. The van der Waals surface area contributed by atoms with Crippen molar-refractivity contribution in [1.82, 2.24) is 0 Å². The standard InChI is InChI=1S/C50H31NS.2C42H27NO/c1-2-13-37-32(11-1)23-24-34-12-9-21-47(49(34)37)51(36-29-30-43-41-16-4-3-14-39(41)40-15-5-6-17-42(40)46(43)31-36)35-27-25-33(26-28-35)38-19-10-20-45-44-18-7-8-22-48(44)52-50(38)45;1-3-13-34-29(9-1)11-7-16-38(34)43(39-17-8-12-31-20-19-30-10-2-4-14-35(30)42(31)39)33-24-21-28(22-25-33)32-23-26-41-37(27-32)36-15-5-6-18-40(36)44-41;1-2-11-32-27-34(26-21-28(32)9-1)43(39-17-7-12-31-20-19-29-10-3-4-13-35(29)41(31)39)33-24-22-30(23-25-33)36-15-8-16-38-37-14-5-6-18-40(37)44-42(36)38/h1-31H;2*1-27H. The van der Waals surface area contributed by atoms with Crippen LogP contribution < -0.4 is 14.7 Å². The van der Waals surface area contributed by atoms with Crippen LogP contribution in [0.5, 0.6) is 0 Å². The molecule has 0 saturated heterocycles. The van der Waals surface area contributed by atoms with Gasteiger partial charge in [-0.25, -0.2) is 0 Å². The number of thiophene rings is 1. The highest BCUT2D eigenvalue weighted by atomic mass is 32.1. The van der Waals surface area contributed by atoms with Crippen molar-refractivity contribution >= 4 is 245 Å². The quantitative estimate of drug-likeness (QED) is 0.114. The average molecular weight is 1800 g/mol. The van der Waals surface area contributed by atoms with Crippen LogP contribution in [0.2, 0.25) is 0 Å². The van der Waals surface area contributed by atoms with E-state index in [1.54, 1.807) is 0 Å². The third-order valence-electron chi connectivity index (χ3n) is 28.5. The summed E-state index contributed by atoms with van der Waals surface area (Å²) in [6, 6.07) is 187. The molecule has 0 atom stereocenters. The fraction of sp³-hybridized carbons (Fsp3) is 0. The molecule has 0 aliphatic carbocycles. The first-order valence-electron chi connectivity index (χ1n) is 47.9. The molecule has 654 valence electrons. The first-order valence-corrected chi connectivity index (χ1v) is 48.7. The van der Waals surface area contributed by atoms with E-state index in [0.717, 1.165) is 106 Å². The number of hydrogen-bond donors (Lipinski definition) is 0. The van der Waals surface area contributed by atoms with E-state index in [2.05, 4.69) is 506 Å². The summed E-state index contributed by atoms with van der Waals surface area (Å²) in [5.74, 6) is 0. The lowest BCUT2D eigenvalue weighted by Gasteiger charge is -2.28. The van der Waals surface area contributed by atoms with Gasteiger partial charge in [-0.05, 0) is 240 Å². The van der Waals surface area contributed by atoms with Crippen molar-refractivity contribution in [3.05, 3.63) is 516 Å². The smallest absolute Gasteiger partial charge is 0.143 e. The van der Waals surface area contributed by atoms with E-state index in [-0.39, 0.29) is 0 Å². The predicted octanol–water partition coefficient (Wildman–Crippen LogP) is 39.3. The maximum atomic E-state index is 6.37. The summed E-state index contributed by atoms with van der Waals surface area (Å²) in [5, 5.41) is 34.7. The maximum absolute atomic E-state index is 6.37. The van der Waals surface area contributed by atoms with Crippen LogP contribution in [0.1, 0.15) is 0 Å². The van der Waals surface area contributed by atoms with E-state index in [0.29, 0.717) is 0 Å². The van der Waals surface area contributed by atoms with Crippen LogP contribution >= 0.6 is 11.3 Å². The molecule has 0 amide bonds. The third-order valence-corrected chi connectivity index (χ3v) is 29.7. The number of nitrogens with zero attached hydrogens (tertiary/aromatic N) is 3. The van der Waals surface area contributed by atoms with Gasteiger partial charge in [0.1, 0.15) is 22.3 Å². The Hall–Kier alpha value is -18.2. The molecule has 5 nitrogen and oxygen atoms in total. The molecule has 0 bridgehead atoms. The van der Waals surface area contributed by atoms with Gasteiger partial charge in [0.25, 0.3) is 0 Å². The van der Waals surface area contributed by atoms with E-state index in [9.17, 15) is 0 Å². The Morgan fingerprint density at radius 1 is 0.157 bits per heavy atom. The molecule has 26 aromatic carbocycles. The molecule has 0 aliphatic heterocycles. The molecule has 140 heavy (non-hydrogen) atoms. The summed E-state index contributed by atoms with van der Waals surface area (Å²) >= 11 is 1.88. The summed E-state index contributed by atoms with van der Waals surface area (Å²) < 4.78 is 15.1. The van der Waals surface area contributed by atoms with Gasteiger partial charge in [0.05, 0.1) is 22.7 Å². The lowest BCUT2D eigenvalue weighted by Crippen LogP contribution is -2.11. The number of benzene rings is 26. The molecule has 3 heterocycles. The Morgan fingerprint density at radius 3 is 1.07 bits per heavy atom. The van der Waals surface area contributed by atoms with E-state index < -0.39 is 0 Å². The van der Waals surface area contributed by atoms with Crippen LogP contribution in [0.3, 0.4) is 0 Å². The fourth-order valence-corrected chi connectivity index (χ4v) is 23.2. The molecule has 0 N–H and O–H groups in total. The van der Waals surface area contributed by atoms with Crippen LogP contribution in [0.4, 0.5) is 51.2 Å². The van der Waals surface area contributed by atoms with Gasteiger partial charge in [0.2, 0.25) is 0 Å². The largest absolute Gasteiger partial charge is 0.456 e. The SMILES string of the molecule is c1ccc2c(N(c3ccc(-c4ccc5oc6ccccc6c5c4)cc3)c3cccc4ccc5ccccc5c34)cccc2c1.c1ccc2c(c1)ccc1cccc(N(c3ccc(-c4cccc5c4sc4ccccc45)cc3)c3ccc4c5ccccc5c5ccccc5c4c3)c12.c1ccc2cc(N(c3ccc(-c4cccc5c4oc4ccccc45)cc3)c3cccc4ccc5ccccc5c34)ccc2c1. The highest BCUT2D eigenvalue weighted by Gasteiger charge is 2.26. The van der Waals surface area contributed by atoms with Gasteiger partial charge in [0, 0.05) is 97.3 Å². The van der Waals surface area contributed by atoms with Crippen LogP contribution in [-0.2, 0) is 0 Å². The Balaban J connectivity index is 0.000000106. The van der Waals surface area contributed by atoms with Crippen molar-refractivity contribution < 1.29 is 8.83 Å². The minimum atomic E-state index is 0.914. The summed E-state index contributed by atoms with van der Waals surface area (Å²) in [6.07, 6.45) is 0. The monoisotopic (exact) mass is 1800 g/mol. The molecule has 0 unspecified atom stereocenters. The number of hydrogen-bond acceptors (Lipinski definition) is 6. The van der Waals surface area contributed by atoms with Gasteiger partial charge >= 0.3 is 0 Å². The van der Waals surface area contributed by atoms with Gasteiger partial charge in [-0.2, -0.15) is 0 Å². The lowest BCUT2D eigenvalue weighted by molar-refractivity contribution is 0.669. The molecular weight excluding hydrogens is 1720 g/mol. The minimum Gasteiger partial charge on any atom is -0.456 e. The normalized spacial score (nSPS) is 11.7. The molecule has 0 spiro atoms. The Morgan fingerprint density at radius 2 is 0.500 bits per heavy atom. The van der Waals surface area contributed by atoms with Crippen molar-refractivity contribution in [1.29, 1.82) is 0 Å². The highest BCUT2D eigenvalue weighted by molar-refractivity contribution is 7.26. The van der Waals surface area contributed by atoms with Gasteiger partial charge in [-0.3, -0.25) is 0 Å². The third kappa shape index (κ3) is 14.0. The Kier molecular flexibility index (Phi) is 19.8. The molecular formula is C134H85N3O2S. The lowest BCUT2D eigenvalue weighted by atomic mass is 9.93. The van der Waals surface area contributed by atoms with Crippen LogP contribution in [0, 0.1) is 0 Å². The second kappa shape index (κ2) is 34.0. The van der Waals surface area contributed by atoms with Crippen molar-refractivity contribution in [2.24, 2.45) is 0 Å². The van der Waals surface area contributed by atoms with Crippen molar-refractivity contribution in [2.75, 3.05) is 14.7 Å². The first-order chi connectivity index (χ1) is 69.4. The summed E-state index contributed by atoms with van der Waals surface area (Å²) in [4.78, 5) is 7.28. The predicted molar refractivity (Wildman–Crippen MR) is 600 cm³/mol. The van der Waals surface area contributed by atoms with Crippen LogP contribution in [-0.4, -0.2) is 0 Å². The number of para-hydroxylation sites is 3. The highest BCUT2D eigenvalue weighted by Crippen LogP contribution is 2.51. The summed E-state index contributed by atoms with van der Waals surface area (Å²) in [5.41, 5.74) is 21.0. The van der Waals surface area contributed by atoms with E-state index >= 15 is 0 Å². The molecule has 29 aromatic rings. The van der Waals surface area contributed by atoms with Gasteiger partial charge in [-0.15, -0.1) is 11.3 Å². The van der Waals surface area contributed by atoms with Crippen molar-refractivity contribution in [2.45, 2.75) is 0 Å². The van der Waals surface area contributed by atoms with Crippen LogP contribution in [0.25, 0.3) is 216 Å². The summed E-state index contributed by atoms with van der Waals surface area (Å²) in [7, 11) is 0. The van der Waals surface area contributed by atoms with E-state index in [4.69, 9.17) is 8.83 Å². The second-order valence-electron chi connectivity index (χ2n) is 36.4. The zero-order valence-electron chi connectivity index (χ0n) is 76.1. The van der Waals surface area contributed by atoms with Gasteiger partial charge < -0.3 is 23.5 Å². The fourth-order valence-electron chi connectivity index (χ4n) is 21.9. The molecule has 0 aliphatic rings. The topological polar surface area (TPSA) is 36.0 Å². The molecule has 29 rings (SSSR count). The number of rotatable bonds is 12. The molecule has 6 heteroatoms. The van der Waals surface area contributed by atoms with Crippen molar-refractivity contribution in [3.63, 3.8) is 0 Å². The summed E-state index contributed by atoms with van der Waals surface area (Å²) in [6.45, 7) is 0. The minimum absolute atomic E-state index is 0.914. The van der Waals surface area contributed by atoms with Gasteiger partial charge in [-0.1, -0.05) is 400 Å². The van der Waals surface area contributed by atoms with Crippen LogP contribution in [0.15, 0.2) is 524 Å². The molecule has 0 saturated carbocycles. The maximum Gasteiger partial charge on any atom is 0.143 e. The molecule has 0 fully saturated rings. The zero-order chi connectivity index (χ0) is 92.2. The second-order valence-corrected chi connectivity index (χ2v) is 37.4. The molecule has 0 radical (unpaired) electrons. The van der Waals surface area contributed by atoms with E-state index in [1.807, 2.05) is 35.6 Å². The number of fused-ring (bicyclic) bond motifs is 26. The average Bonchev–Trinajstić information content (AvgIpc) is 0.790. The van der Waals surface area contributed by atoms with Crippen molar-refractivity contribution in [3.8, 4) is 33.4 Å².